The average molecular weight is 450 g/mol. The van der Waals surface area contributed by atoms with Crippen molar-refractivity contribution in [2.75, 3.05) is 7.05 Å². The predicted molar refractivity (Wildman–Crippen MR) is 123 cm³/mol. The van der Waals surface area contributed by atoms with E-state index in [0.717, 1.165) is 27.6 Å². The van der Waals surface area contributed by atoms with Crippen molar-refractivity contribution in [2.24, 2.45) is 0 Å². The van der Waals surface area contributed by atoms with Crippen molar-refractivity contribution in [2.45, 2.75) is 12.8 Å². The molecule has 4 N–H and O–H groups in total. The third-order valence-corrected chi connectivity index (χ3v) is 5.61. The number of H-pyrrole nitrogens is 1. The van der Waals surface area contributed by atoms with Crippen LogP contribution in [0.5, 0.6) is 5.75 Å². The maximum Gasteiger partial charge on any atom is 0.303 e. The standard InChI is InChI=1S/C24H20ClN3O4/c1-26-24(32)15-6-7-16(22(29)10-15)13-2-4-14(5-3-13)17-11-18-20(8-9-23(30)31)27-28-21(18)12-19(17)25/h2-7,10-12,29H,8-9H2,1H3,(H,26,32)(H,27,28)(H,30,31). The first-order chi connectivity index (χ1) is 15.4. The van der Waals surface area contributed by atoms with Crippen molar-refractivity contribution in [3.05, 3.63) is 70.9 Å². The number of aromatic hydroxyl groups is 1. The van der Waals surface area contributed by atoms with Gasteiger partial charge >= 0.3 is 5.97 Å². The van der Waals surface area contributed by atoms with E-state index in [0.29, 0.717) is 28.3 Å². The number of carboxylic acid groups (broad SMARTS) is 1. The van der Waals surface area contributed by atoms with E-state index in [4.69, 9.17) is 16.7 Å². The van der Waals surface area contributed by atoms with Crippen LogP contribution < -0.4 is 5.32 Å². The summed E-state index contributed by atoms with van der Waals surface area (Å²) in [5, 5.41) is 30.4. The van der Waals surface area contributed by atoms with Gasteiger partial charge < -0.3 is 15.5 Å². The molecule has 7 nitrogen and oxygen atoms in total. The number of aryl methyl sites for hydroxylation is 1. The number of fused-ring (bicyclic) bond motifs is 1. The summed E-state index contributed by atoms with van der Waals surface area (Å²) >= 11 is 6.50. The number of halogens is 1. The van der Waals surface area contributed by atoms with Crippen molar-refractivity contribution < 1.29 is 19.8 Å². The Morgan fingerprint density at radius 1 is 1.03 bits per heavy atom. The van der Waals surface area contributed by atoms with Crippen LogP contribution in [0.3, 0.4) is 0 Å². The van der Waals surface area contributed by atoms with Crippen molar-refractivity contribution >= 4 is 34.4 Å². The molecule has 1 aromatic heterocycles. The minimum absolute atomic E-state index is 0.00515. The molecule has 0 atom stereocenters. The number of hydrogen-bond donors (Lipinski definition) is 4. The van der Waals surface area contributed by atoms with Gasteiger partial charge in [0.25, 0.3) is 5.91 Å². The molecule has 4 rings (SSSR count). The Hall–Kier alpha value is -3.84. The molecule has 3 aromatic carbocycles. The van der Waals surface area contributed by atoms with Crippen LogP contribution in [0.1, 0.15) is 22.5 Å². The van der Waals surface area contributed by atoms with Crippen LogP contribution in [0.25, 0.3) is 33.2 Å². The third kappa shape index (κ3) is 4.15. The summed E-state index contributed by atoms with van der Waals surface area (Å²) in [7, 11) is 1.53. The number of benzene rings is 3. The number of carboxylic acids is 1. The van der Waals surface area contributed by atoms with Crippen LogP contribution in [0.4, 0.5) is 0 Å². The summed E-state index contributed by atoms with van der Waals surface area (Å²) < 4.78 is 0. The number of aromatic amines is 1. The molecule has 0 aliphatic carbocycles. The monoisotopic (exact) mass is 449 g/mol. The number of aromatic nitrogens is 2. The SMILES string of the molecule is CNC(=O)c1ccc(-c2ccc(-c3cc4c(CCC(=O)O)n[nH]c4cc3Cl)cc2)c(O)c1. The minimum atomic E-state index is -0.877. The highest BCUT2D eigenvalue weighted by Gasteiger charge is 2.14. The van der Waals surface area contributed by atoms with Crippen molar-refractivity contribution in [3.8, 4) is 28.0 Å². The van der Waals surface area contributed by atoms with Crippen LogP contribution in [0.15, 0.2) is 54.6 Å². The van der Waals surface area contributed by atoms with Gasteiger partial charge in [-0.2, -0.15) is 5.10 Å². The summed E-state index contributed by atoms with van der Waals surface area (Å²) in [5.41, 5.74) is 4.86. The fraction of sp³-hybridized carbons (Fsp3) is 0.125. The van der Waals surface area contributed by atoms with Crippen LogP contribution in [0, 0.1) is 0 Å². The summed E-state index contributed by atoms with van der Waals surface area (Å²) in [6, 6.07) is 16.0. The molecule has 32 heavy (non-hydrogen) atoms. The highest BCUT2D eigenvalue weighted by Crippen LogP contribution is 2.36. The zero-order chi connectivity index (χ0) is 22.8. The number of phenolic OH excluding ortho intramolecular Hbond substituents is 1. The Bertz CT molecular complexity index is 1330. The van der Waals surface area contributed by atoms with E-state index in [1.807, 2.05) is 30.3 Å². The van der Waals surface area contributed by atoms with Gasteiger partial charge in [0.2, 0.25) is 0 Å². The first kappa shape index (κ1) is 21.4. The van der Waals surface area contributed by atoms with Gasteiger partial charge in [-0.1, -0.05) is 35.9 Å². The molecule has 0 unspecified atom stereocenters. The van der Waals surface area contributed by atoms with E-state index in [1.165, 1.54) is 13.1 Å². The van der Waals surface area contributed by atoms with E-state index in [1.54, 1.807) is 18.2 Å². The normalized spacial score (nSPS) is 10.9. The maximum absolute atomic E-state index is 11.7. The molecule has 1 amide bonds. The van der Waals surface area contributed by atoms with Crippen LogP contribution >= 0.6 is 11.6 Å². The van der Waals surface area contributed by atoms with E-state index in [9.17, 15) is 14.7 Å². The van der Waals surface area contributed by atoms with Gasteiger partial charge in [0.05, 0.1) is 22.7 Å². The zero-order valence-electron chi connectivity index (χ0n) is 17.1. The smallest absolute Gasteiger partial charge is 0.303 e. The molecule has 0 aliphatic rings. The summed E-state index contributed by atoms with van der Waals surface area (Å²) in [6.07, 6.45) is 0.315. The van der Waals surface area contributed by atoms with E-state index < -0.39 is 5.97 Å². The van der Waals surface area contributed by atoms with E-state index in [-0.39, 0.29) is 18.1 Å². The second kappa shape index (κ2) is 8.72. The van der Waals surface area contributed by atoms with Gasteiger partial charge in [0, 0.05) is 35.5 Å². The largest absolute Gasteiger partial charge is 0.507 e. The van der Waals surface area contributed by atoms with Crippen molar-refractivity contribution in [3.63, 3.8) is 0 Å². The lowest BCUT2D eigenvalue weighted by molar-refractivity contribution is -0.136. The molecule has 0 radical (unpaired) electrons. The molecular formula is C24H20ClN3O4. The van der Waals surface area contributed by atoms with Crippen molar-refractivity contribution in [1.82, 2.24) is 15.5 Å². The molecule has 0 saturated carbocycles. The average Bonchev–Trinajstić information content (AvgIpc) is 3.18. The van der Waals surface area contributed by atoms with Crippen molar-refractivity contribution in [1.29, 1.82) is 0 Å². The molecule has 0 spiro atoms. The Balaban J connectivity index is 1.67. The number of hydrogen-bond acceptors (Lipinski definition) is 4. The lowest BCUT2D eigenvalue weighted by Crippen LogP contribution is -2.17. The maximum atomic E-state index is 11.7. The number of aliphatic carboxylic acids is 1. The third-order valence-electron chi connectivity index (χ3n) is 5.30. The second-order valence-electron chi connectivity index (χ2n) is 7.33. The molecule has 0 saturated heterocycles. The minimum Gasteiger partial charge on any atom is -0.507 e. The molecule has 162 valence electrons. The number of nitrogens with one attached hydrogen (secondary N) is 2. The van der Waals surface area contributed by atoms with E-state index in [2.05, 4.69) is 15.5 Å². The Labute approximate surface area is 188 Å². The quantitative estimate of drug-likeness (QED) is 0.342. The second-order valence-corrected chi connectivity index (χ2v) is 7.74. The Kier molecular flexibility index (Phi) is 5.83. The lowest BCUT2D eigenvalue weighted by atomic mass is 9.97. The number of amides is 1. The van der Waals surface area contributed by atoms with E-state index >= 15 is 0 Å². The predicted octanol–water partition coefficient (Wildman–Crippen LogP) is 4.63. The zero-order valence-corrected chi connectivity index (χ0v) is 17.9. The van der Waals surface area contributed by atoms with Gasteiger partial charge in [-0.3, -0.25) is 14.7 Å². The number of carbonyl (C=O) groups excluding carboxylic acids is 1. The first-order valence-electron chi connectivity index (χ1n) is 9.91. The molecule has 0 fully saturated rings. The Morgan fingerprint density at radius 2 is 1.72 bits per heavy atom. The molecule has 4 aromatic rings. The number of rotatable bonds is 6. The number of phenols is 1. The molecule has 8 heteroatoms. The van der Waals surface area contributed by atoms with Crippen LogP contribution in [-0.4, -0.2) is 39.3 Å². The van der Waals surface area contributed by atoms with Gasteiger partial charge in [-0.05, 0) is 41.5 Å². The lowest BCUT2D eigenvalue weighted by Gasteiger charge is -2.10. The van der Waals surface area contributed by atoms with Gasteiger partial charge in [-0.25, -0.2) is 0 Å². The summed E-state index contributed by atoms with van der Waals surface area (Å²) in [6.45, 7) is 0. The number of carbonyl (C=O) groups is 2. The highest BCUT2D eigenvalue weighted by atomic mass is 35.5. The number of nitrogens with zero attached hydrogens (tertiary/aromatic N) is 1. The molecule has 0 aliphatic heterocycles. The Morgan fingerprint density at radius 3 is 2.34 bits per heavy atom. The molecule has 0 bridgehead atoms. The van der Waals surface area contributed by atoms with Gasteiger partial charge in [0.15, 0.2) is 0 Å². The van der Waals surface area contributed by atoms with Crippen LogP contribution in [0.2, 0.25) is 5.02 Å². The van der Waals surface area contributed by atoms with Crippen LogP contribution in [-0.2, 0) is 11.2 Å². The summed E-state index contributed by atoms with van der Waals surface area (Å²) in [5.74, 6) is -1.13. The molecular weight excluding hydrogens is 430 g/mol. The van der Waals surface area contributed by atoms with Gasteiger partial charge in [0.1, 0.15) is 5.75 Å². The van der Waals surface area contributed by atoms with Gasteiger partial charge in [-0.15, -0.1) is 0 Å². The fourth-order valence-electron chi connectivity index (χ4n) is 3.62. The highest BCUT2D eigenvalue weighted by molar-refractivity contribution is 6.34. The fourth-order valence-corrected chi connectivity index (χ4v) is 3.89. The first-order valence-corrected chi connectivity index (χ1v) is 10.3. The topological polar surface area (TPSA) is 115 Å². The summed E-state index contributed by atoms with van der Waals surface area (Å²) in [4.78, 5) is 22.7. The molecule has 1 heterocycles.